The number of nitro groups is 2. The molecule has 1 heterocycles. The summed E-state index contributed by atoms with van der Waals surface area (Å²) in [6.45, 7) is 0. The third-order valence-electron chi connectivity index (χ3n) is 3.06. The molecule has 12 heteroatoms. The quantitative estimate of drug-likeness (QED) is 0.420. The fourth-order valence-electron chi connectivity index (χ4n) is 1.88. The van der Waals surface area contributed by atoms with E-state index in [9.17, 15) is 25.0 Å². The van der Waals surface area contributed by atoms with Gasteiger partial charge in [-0.2, -0.15) is 0 Å². The van der Waals surface area contributed by atoms with E-state index in [0.717, 1.165) is 6.07 Å². The Kier molecular flexibility index (Phi) is 5.24. The highest BCUT2D eigenvalue weighted by atomic mass is 32.1. The maximum absolute atomic E-state index is 12.0. The van der Waals surface area contributed by atoms with Gasteiger partial charge in [0.25, 0.3) is 17.3 Å². The van der Waals surface area contributed by atoms with Crippen LogP contribution in [0.15, 0.2) is 36.5 Å². The molecule has 2 aromatic rings. The number of rotatable bonds is 4. The molecular formula is C13H12N6O5S. The van der Waals surface area contributed by atoms with Crippen molar-refractivity contribution in [3.63, 3.8) is 0 Å². The molecule has 0 fully saturated rings. The lowest BCUT2D eigenvalue weighted by Crippen LogP contribution is -2.44. The molecule has 0 aliphatic carbocycles. The van der Waals surface area contributed by atoms with Gasteiger partial charge in [0, 0.05) is 30.9 Å². The lowest BCUT2D eigenvalue weighted by molar-refractivity contribution is -0.385. The Morgan fingerprint density at radius 3 is 2.20 bits per heavy atom. The van der Waals surface area contributed by atoms with Crippen molar-refractivity contribution < 1.29 is 14.6 Å². The Labute approximate surface area is 145 Å². The second-order valence-electron chi connectivity index (χ2n) is 4.79. The zero-order valence-corrected chi connectivity index (χ0v) is 13.6. The number of amides is 1. The van der Waals surface area contributed by atoms with Crippen LogP contribution in [0.1, 0.15) is 10.5 Å². The maximum atomic E-state index is 12.0. The summed E-state index contributed by atoms with van der Waals surface area (Å²) in [5.74, 6) is -0.622. The number of nitro benzene ring substituents is 1. The van der Waals surface area contributed by atoms with Gasteiger partial charge in [-0.15, -0.1) is 0 Å². The Balaban J connectivity index is 1.92. The van der Waals surface area contributed by atoms with Gasteiger partial charge in [0.15, 0.2) is 5.11 Å². The van der Waals surface area contributed by atoms with Gasteiger partial charge in [-0.05, 0) is 24.4 Å². The average molecular weight is 364 g/mol. The normalized spacial score (nSPS) is 9.96. The lowest BCUT2D eigenvalue weighted by atomic mass is 10.3. The SMILES string of the molecule is Cn1cc([N+](=O)[O-])cc1C(=O)NNC(=S)Nc1ccc([N+](=O)[O-])cc1. The molecule has 0 aliphatic rings. The average Bonchev–Trinajstić information content (AvgIpc) is 2.95. The molecule has 0 radical (unpaired) electrons. The molecule has 3 N–H and O–H groups in total. The molecule has 1 amide bonds. The molecule has 130 valence electrons. The Hall–Kier alpha value is -3.54. The second kappa shape index (κ2) is 7.35. The predicted molar refractivity (Wildman–Crippen MR) is 92.0 cm³/mol. The first-order chi connectivity index (χ1) is 11.8. The number of carbonyl (C=O) groups excluding carboxylic acids is 1. The first-order valence-corrected chi connectivity index (χ1v) is 7.11. The minimum atomic E-state index is -0.622. The minimum Gasteiger partial charge on any atom is -0.340 e. The van der Waals surface area contributed by atoms with E-state index in [1.54, 1.807) is 0 Å². The number of aryl methyl sites for hydroxylation is 1. The summed E-state index contributed by atoms with van der Waals surface area (Å²) < 4.78 is 1.31. The highest BCUT2D eigenvalue weighted by Gasteiger charge is 2.17. The molecular weight excluding hydrogens is 352 g/mol. The largest absolute Gasteiger partial charge is 0.340 e. The number of anilines is 1. The third-order valence-corrected chi connectivity index (χ3v) is 3.26. The predicted octanol–water partition coefficient (Wildman–Crippen LogP) is 1.47. The molecule has 1 aromatic carbocycles. The summed E-state index contributed by atoms with van der Waals surface area (Å²) in [5, 5.41) is 24.0. The van der Waals surface area contributed by atoms with Crippen molar-refractivity contribution in [3.8, 4) is 0 Å². The minimum absolute atomic E-state index is 0.0333. The van der Waals surface area contributed by atoms with Crippen LogP contribution in [0.25, 0.3) is 0 Å². The fourth-order valence-corrected chi connectivity index (χ4v) is 2.05. The number of thiocarbonyl (C=S) groups is 1. The van der Waals surface area contributed by atoms with Gasteiger partial charge < -0.3 is 9.88 Å². The van der Waals surface area contributed by atoms with Gasteiger partial charge in [-0.1, -0.05) is 0 Å². The van der Waals surface area contributed by atoms with Crippen molar-refractivity contribution in [1.29, 1.82) is 0 Å². The van der Waals surface area contributed by atoms with Crippen LogP contribution in [0.2, 0.25) is 0 Å². The number of benzene rings is 1. The number of non-ortho nitro benzene ring substituents is 1. The number of hydrogen-bond acceptors (Lipinski definition) is 6. The van der Waals surface area contributed by atoms with Crippen LogP contribution in [0.3, 0.4) is 0 Å². The summed E-state index contributed by atoms with van der Waals surface area (Å²) >= 11 is 4.98. The zero-order valence-electron chi connectivity index (χ0n) is 12.8. The van der Waals surface area contributed by atoms with E-state index >= 15 is 0 Å². The van der Waals surface area contributed by atoms with Gasteiger partial charge in [0.1, 0.15) is 5.69 Å². The monoisotopic (exact) mass is 364 g/mol. The number of nitrogens with one attached hydrogen (secondary N) is 3. The van der Waals surface area contributed by atoms with E-state index in [2.05, 4.69) is 16.2 Å². The Bertz CT molecular complexity index is 847. The Morgan fingerprint density at radius 1 is 1.08 bits per heavy atom. The van der Waals surface area contributed by atoms with Crippen LogP contribution in [0, 0.1) is 20.2 Å². The number of aromatic nitrogens is 1. The first kappa shape index (κ1) is 17.8. The molecule has 0 aliphatic heterocycles. The van der Waals surface area contributed by atoms with E-state index in [1.807, 2.05) is 0 Å². The molecule has 11 nitrogen and oxygen atoms in total. The van der Waals surface area contributed by atoms with E-state index in [0.29, 0.717) is 5.69 Å². The van der Waals surface area contributed by atoms with Crippen molar-refractivity contribution >= 4 is 40.3 Å². The summed E-state index contributed by atoms with van der Waals surface area (Å²) in [4.78, 5) is 32.1. The van der Waals surface area contributed by atoms with Gasteiger partial charge >= 0.3 is 0 Å². The molecule has 2 rings (SSSR count). The van der Waals surface area contributed by atoms with Crippen LogP contribution < -0.4 is 16.2 Å². The molecule has 0 spiro atoms. The van der Waals surface area contributed by atoms with E-state index in [-0.39, 0.29) is 22.2 Å². The fraction of sp³-hybridized carbons (Fsp3) is 0.0769. The third kappa shape index (κ3) is 4.48. The van der Waals surface area contributed by atoms with Crippen molar-refractivity contribution in [3.05, 3.63) is 62.5 Å². The van der Waals surface area contributed by atoms with Crippen LogP contribution >= 0.6 is 12.2 Å². The van der Waals surface area contributed by atoms with Crippen LogP contribution in [-0.4, -0.2) is 25.4 Å². The van der Waals surface area contributed by atoms with Crippen molar-refractivity contribution in [1.82, 2.24) is 15.4 Å². The molecule has 0 atom stereocenters. The van der Waals surface area contributed by atoms with Gasteiger partial charge in [-0.25, -0.2) is 0 Å². The first-order valence-electron chi connectivity index (χ1n) is 6.70. The number of hydrazine groups is 1. The van der Waals surface area contributed by atoms with Gasteiger partial charge in [0.05, 0.1) is 16.0 Å². The van der Waals surface area contributed by atoms with E-state index in [1.165, 1.54) is 42.1 Å². The number of carbonyl (C=O) groups is 1. The lowest BCUT2D eigenvalue weighted by Gasteiger charge is -2.11. The maximum Gasteiger partial charge on any atom is 0.287 e. The molecule has 1 aromatic heterocycles. The molecule has 0 saturated carbocycles. The Morgan fingerprint density at radius 2 is 1.68 bits per heavy atom. The van der Waals surface area contributed by atoms with Crippen LogP contribution in [0.4, 0.5) is 17.1 Å². The molecule has 0 saturated heterocycles. The number of hydrogen-bond donors (Lipinski definition) is 3. The summed E-state index contributed by atoms with van der Waals surface area (Å²) in [6, 6.07) is 6.63. The van der Waals surface area contributed by atoms with Gasteiger partial charge in [-0.3, -0.25) is 35.9 Å². The van der Waals surface area contributed by atoms with Crippen LogP contribution in [-0.2, 0) is 7.05 Å². The summed E-state index contributed by atoms with van der Waals surface area (Å²) in [5.41, 5.74) is 5.00. The topological polar surface area (TPSA) is 144 Å². The number of nitrogens with zero attached hydrogens (tertiary/aromatic N) is 3. The van der Waals surface area contributed by atoms with Crippen molar-refractivity contribution in [2.24, 2.45) is 7.05 Å². The van der Waals surface area contributed by atoms with Crippen LogP contribution in [0.5, 0.6) is 0 Å². The highest BCUT2D eigenvalue weighted by Crippen LogP contribution is 2.16. The standard InChI is InChI=1S/C13H12N6O5S/c1-17-7-10(19(23)24)6-11(17)12(20)15-16-13(25)14-8-2-4-9(5-3-8)18(21)22/h2-7H,1H3,(H,15,20)(H2,14,16,25). The molecule has 0 bridgehead atoms. The van der Waals surface area contributed by atoms with Gasteiger partial charge in [0.2, 0.25) is 0 Å². The second-order valence-corrected chi connectivity index (χ2v) is 5.20. The van der Waals surface area contributed by atoms with E-state index in [4.69, 9.17) is 12.2 Å². The highest BCUT2D eigenvalue weighted by molar-refractivity contribution is 7.80. The molecule has 0 unspecified atom stereocenters. The van der Waals surface area contributed by atoms with E-state index < -0.39 is 15.8 Å². The van der Waals surface area contributed by atoms with Crippen molar-refractivity contribution in [2.75, 3.05) is 5.32 Å². The summed E-state index contributed by atoms with van der Waals surface area (Å²) in [7, 11) is 1.50. The van der Waals surface area contributed by atoms with Crippen molar-refractivity contribution in [2.45, 2.75) is 0 Å². The zero-order chi connectivity index (χ0) is 18.6. The smallest absolute Gasteiger partial charge is 0.287 e. The summed E-state index contributed by atoms with van der Waals surface area (Å²) in [6.07, 6.45) is 1.21. The molecule has 25 heavy (non-hydrogen) atoms.